The van der Waals surface area contributed by atoms with Crippen molar-refractivity contribution in [3.8, 4) is 11.5 Å². The van der Waals surface area contributed by atoms with Gasteiger partial charge in [0.1, 0.15) is 0 Å². The first-order valence-corrected chi connectivity index (χ1v) is 11.1. The van der Waals surface area contributed by atoms with Gasteiger partial charge in [-0.3, -0.25) is 0 Å². The van der Waals surface area contributed by atoms with Crippen molar-refractivity contribution in [2.45, 2.75) is 33.4 Å². The highest BCUT2D eigenvalue weighted by molar-refractivity contribution is 14.0. The number of halogens is 3. The Balaban J connectivity index is 0.00000420. The largest absolute Gasteiger partial charge is 0.490 e. The molecule has 1 heterocycles. The second-order valence-corrected chi connectivity index (χ2v) is 8.63. The molecule has 1 saturated heterocycles. The van der Waals surface area contributed by atoms with Gasteiger partial charge in [0.15, 0.2) is 27.3 Å². The van der Waals surface area contributed by atoms with Crippen LogP contribution in [0.1, 0.15) is 25.8 Å². The number of aliphatic imine (C=N–C) groups is 1. The van der Waals surface area contributed by atoms with Crippen molar-refractivity contribution in [1.29, 1.82) is 0 Å². The number of alkyl halides is 2. The standard InChI is InChI=1S/C18H27F2N3O4S.HI/c1-3-21-18(22-10-13-8-9-28(24,25)12-13)23-11-14-6-5-7-15(26-4-2)16(14)27-17(19)20;/h5-7,13,17H,3-4,8-12H2,1-2H3,(H2,21,22,23);1H. The van der Waals surface area contributed by atoms with Gasteiger partial charge in [-0.15, -0.1) is 24.0 Å². The van der Waals surface area contributed by atoms with E-state index in [1.165, 1.54) is 0 Å². The van der Waals surface area contributed by atoms with Crippen molar-refractivity contribution >= 4 is 39.8 Å². The summed E-state index contributed by atoms with van der Waals surface area (Å²) in [5, 5.41) is 6.19. The third-order valence-corrected chi connectivity index (χ3v) is 6.04. The molecule has 1 fully saturated rings. The molecule has 0 aromatic heterocycles. The van der Waals surface area contributed by atoms with E-state index in [4.69, 9.17) is 4.74 Å². The zero-order valence-electron chi connectivity index (χ0n) is 16.5. The van der Waals surface area contributed by atoms with E-state index in [0.29, 0.717) is 37.6 Å². The Bertz CT molecular complexity index is 778. The minimum atomic E-state index is -2.97. The fourth-order valence-electron chi connectivity index (χ4n) is 2.96. The van der Waals surface area contributed by atoms with E-state index >= 15 is 0 Å². The smallest absolute Gasteiger partial charge is 0.387 e. The van der Waals surface area contributed by atoms with Gasteiger partial charge in [0.05, 0.1) is 24.7 Å². The van der Waals surface area contributed by atoms with Gasteiger partial charge in [-0.1, -0.05) is 12.1 Å². The van der Waals surface area contributed by atoms with Crippen molar-refractivity contribution < 1.29 is 26.7 Å². The lowest BCUT2D eigenvalue weighted by Gasteiger charge is -2.16. The van der Waals surface area contributed by atoms with Crippen LogP contribution in [0.2, 0.25) is 0 Å². The number of rotatable bonds is 9. The van der Waals surface area contributed by atoms with Gasteiger partial charge >= 0.3 is 6.61 Å². The Morgan fingerprint density at radius 1 is 1.31 bits per heavy atom. The zero-order chi connectivity index (χ0) is 20.6. The van der Waals surface area contributed by atoms with Crippen LogP contribution in [0.4, 0.5) is 8.78 Å². The molecule has 2 N–H and O–H groups in total. The highest BCUT2D eigenvalue weighted by Gasteiger charge is 2.27. The Kier molecular flexibility index (Phi) is 10.9. The lowest BCUT2D eigenvalue weighted by atomic mass is 10.1. The van der Waals surface area contributed by atoms with Gasteiger partial charge in [0, 0.05) is 18.7 Å². The highest BCUT2D eigenvalue weighted by atomic mass is 127. The molecular weight excluding hydrogens is 519 g/mol. The minimum absolute atomic E-state index is 0. The number of guanidine groups is 1. The number of ether oxygens (including phenoxy) is 2. The molecule has 0 bridgehead atoms. The Hall–Kier alpha value is -1.37. The number of para-hydroxylation sites is 1. The van der Waals surface area contributed by atoms with Gasteiger partial charge < -0.3 is 20.1 Å². The monoisotopic (exact) mass is 547 g/mol. The third kappa shape index (κ3) is 8.49. The molecule has 166 valence electrons. The van der Waals surface area contributed by atoms with Crippen LogP contribution in [0.3, 0.4) is 0 Å². The predicted octanol–water partition coefficient (Wildman–Crippen LogP) is 2.79. The average Bonchev–Trinajstić information content (AvgIpc) is 2.98. The summed E-state index contributed by atoms with van der Waals surface area (Å²) < 4.78 is 58.8. The van der Waals surface area contributed by atoms with Crippen LogP contribution in [0.5, 0.6) is 11.5 Å². The molecule has 1 aromatic rings. The van der Waals surface area contributed by atoms with Crippen molar-refractivity contribution in [2.75, 3.05) is 31.2 Å². The van der Waals surface area contributed by atoms with Crippen molar-refractivity contribution in [3.63, 3.8) is 0 Å². The summed E-state index contributed by atoms with van der Waals surface area (Å²) in [4.78, 5) is 4.41. The van der Waals surface area contributed by atoms with Gasteiger partial charge in [-0.05, 0) is 32.3 Å². The Labute approximate surface area is 187 Å². The summed E-state index contributed by atoms with van der Waals surface area (Å²) in [5.41, 5.74) is 0.465. The van der Waals surface area contributed by atoms with E-state index in [0.717, 1.165) is 0 Å². The van der Waals surface area contributed by atoms with E-state index < -0.39 is 16.4 Å². The van der Waals surface area contributed by atoms with Crippen LogP contribution in [0.15, 0.2) is 23.2 Å². The molecule has 0 amide bonds. The van der Waals surface area contributed by atoms with Crippen molar-refractivity contribution in [1.82, 2.24) is 10.6 Å². The average molecular weight is 547 g/mol. The van der Waals surface area contributed by atoms with Crippen LogP contribution in [-0.4, -0.2) is 52.2 Å². The summed E-state index contributed by atoms with van der Waals surface area (Å²) in [5.74, 6) is 1.11. The SMILES string of the molecule is CCNC(=NCc1cccc(OCC)c1OC(F)F)NCC1CCS(=O)(=O)C1.I. The quantitative estimate of drug-likeness (QED) is 0.281. The maximum Gasteiger partial charge on any atom is 0.387 e. The van der Waals surface area contributed by atoms with Gasteiger partial charge in [0.25, 0.3) is 0 Å². The summed E-state index contributed by atoms with van der Waals surface area (Å²) in [6, 6.07) is 4.91. The van der Waals surface area contributed by atoms with Crippen LogP contribution >= 0.6 is 24.0 Å². The summed E-state index contributed by atoms with van der Waals surface area (Å²) in [6.07, 6.45) is 0.623. The van der Waals surface area contributed by atoms with Crippen LogP contribution in [0.25, 0.3) is 0 Å². The molecular formula is C18H28F2IN3O4S. The number of hydrogen-bond acceptors (Lipinski definition) is 5. The number of sulfone groups is 1. The lowest BCUT2D eigenvalue weighted by Crippen LogP contribution is -2.40. The lowest BCUT2D eigenvalue weighted by molar-refractivity contribution is -0.0520. The molecule has 1 aliphatic heterocycles. The van der Waals surface area contributed by atoms with Crippen LogP contribution in [-0.2, 0) is 16.4 Å². The summed E-state index contributed by atoms with van der Waals surface area (Å²) in [6.45, 7) is 2.19. The van der Waals surface area contributed by atoms with Gasteiger partial charge in [0.2, 0.25) is 0 Å². The molecule has 11 heteroatoms. The topological polar surface area (TPSA) is 89.0 Å². The number of nitrogens with zero attached hydrogens (tertiary/aromatic N) is 1. The van der Waals surface area contributed by atoms with Crippen LogP contribution in [0, 0.1) is 5.92 Å². The third-order valence-electron chi connectivity index (χ3n) is 4.20. The normalized spacial score (nSPS) is 18.2. The first kappa shape index (κ1) is 25.7. The molecule has 1 unspecified atom stereocenters. The van der Waals surface area contributed by atoms with E-state index in [1.54, 1.807) is 25.1 Å². The first-order chi connectivity index (χ1) is 13.3. The highest BCUT2D eigenvalue weighted by Crippen LogP contribution is 2.33. The molecule has 2 rings (SSSR count). The molecule has 0 radical (unpaired) electrons. The molecule has 1 atom stereocenters. The summed E-state index contributed by atoms with van der Waals surface area (Å²) in [7, 11) is -2.94. The van der Waals surface area contributed by atoms with E-state index in [1.807, 2.05) is 6.92 Å². The molecule has 1 aromatic carbocycles. The number of nitrogens with one attached hydrogen (secondary N) is 2. The maximum atomic E-state index is 12.8. The Morgan fingerprint density at radius 3 is 2.66 bits per heavy atom. The zero-order valence-corrected chi connectivity index (χ0v) is 19.6. The van der Waals surface area contributed by atoms with Gasteiger partial charge in [-0.2, -0.15) is 8.78 Å². The van der Waals surface area contributed by atoms with E-state index in [2.05, 4.69) is 20.4 Å². The molecule has 0 spiro atoms. The van der Waals surface area contributed by atoms with Crippen LogP contribution < -0.4 is 20.1 Å². The fourth-order valence-corrected chi connectivity index (χ4v) is 4.82. The van der Waals surface area contributed by atoms with Crippen molar-refractivity contribution in [3.05, 3.63) is 23.8 Å². The van der Waals surface area contributed by atoms with E-state index in [-0.39, 0.29) is 59.4 Å². The number of benzene rings is 1. The molecule has 0 saturated carbocycles. The molecule has 29 heavy (non-hydrogen) atoms. The molecule has 0 aliphatic carbocycles. The van der Waals surface area contributed by atoms with Crippen molar-refractivity contribution in [2.24, 2.45) is 10.9 Å². The molecule has 1 aliphatic rings. The predicted molar refractivity (Wildman–Crippen MR) is 119 cm³/mol. The summed E-state index contributed by atoms with van der Waals surface area (Å²) >= 11 is 0. The van der Waals surface area contributed by atoms with E-state index in [9.17, 15) is 17.2 Å². The first-order valence-electron chi connectivity index (χ1n) is 9.26. The second kappa shape index (κ2) is 12.4. The maximum absolute atomic E-state index is 12.8. The fraction of sp³-hybridized carbons (Fsp3) is 0.611. The second-order valence-electron chi connectivity index (χ2n) is 6.40. The number of hydrogen-bond donors (Lipinski definition) is 2. The molecule has 7 nitrogen and oxygen atoms in total. The minimum Gasteiger partial charge on any atom is -0.490 e. The Morgan fingerprint density at radius 2 is 2.07 bits per heavy atom. The van der Waals surface area contributed by atoms with Gasteiger partial charge in [-0.25, -0.2) is 13.4 Å².